The number of nitrogens with zero attached hydrogens (tertiary/aromatic N) is 5. The van der Waals surface area contributed by atoms with Crippen LogP contribution in [0.3, 0.4) is 0 Å². The fourth-order valence-corrected chi connectivity index (χ4v) is 3.39. The molecule has 0 aliphatic rings. The molecule has 23 heavy (non-hydrogen) atoms. The van der Waals surface area contributed by atoms with Crippen molar-refractivity contribution >= 4 is 54.3 Å². The highest BCUT2D eigenvalue weighted by Crippen LogP contribution is 2.45. The molecule has 0 unspecified atom stereocenters. The van der Waals surface area contributed by atoms with Crippen molar-refractivity contribution in [2.45, 2.75) is 39.2 Å². The molecule has 9 nitrogen and oxygen atoms in total. The quantitative estimate of drug-likeness (QED) is 0.351. The van der Waals surface area contributed by atoms with E-state index in [0.29, 0.717) is 6.54 Å². The summed E-state index contributed by atoms with van der Waals surface area (Å²) < 4.78 is -0.0700. The average Bonchev–Trinajstić information content (AvgIpc) is 2.91. The molecular weight excluding hydrogens is 438 g/mol. The van der Waals surface area contributed by atoms with Crippen LogP contribution in [0.25, 0.3) is 11.0 Å². The molecule has 0 atom stereocenters. The second kappa shape index (κ2) is 7.30. The van der Waals surface area contributed by atoms with Gasteiger partial charge >= 0.3 is 11.4 Å². The highest BCUT2D eigenvalue weighted by Gasteiger charge is 2.36. The Morgan fingerprint density at radius 1 is 0.957 bits per heavy atom. The maximum atomic E-state index is 11.2. The molecule has 0 amide bonds. The Bertz CT molecular complexity index is 720. The lowest BCUT2D eigenvalue weighted by atomic mass is 10.2. The van der Waals surface area contributed by atoms with Gasteiger partial charge in [-0.15, -0.1) is 0 Å². The Kier molecular flexibility index (Phi) is 5.63. The van der Waals surface area contributed by atoms with Crippen molar-refractivity contribution in [2.75, 3.05) is 0 Å². The van der Waals surface area contributed by atoms with Crippen molar-refractivity contribution in [3.8, 4) is 0 Å². The van der Waals surface area contributed by atoms with Crippen LogP contribution in [-0.4, -0.2) is 24.8 Å². The Labute approximate surface area is 147 Å². The second-order valence-corrected chi connectivity index (χ2v) is 6.48. The van der Waals surface area contributed by atoms with Gasteiger partial charge in [-0.1, -0.05) is 26.2 Å². The third-order valence-electron chi connectivity index (χ3n) is 3.29. The molecule has 0 spiro atoms. The maximum Gasteiger partial charge on any atom is 0.363 e. The van der Waals surface area contributed by atoms with Crippen molar-refractivity contribution in [1.82, 2.24) is 15.0 Å². The molecule has 0 radical (unpaired) electrons. The molecular formula is C12H13Br2N5O4. The van der Waals surface area contributed by atoms with E-state index in [1.807, 2.05) is 0 Å². The molecule has 0 bridgehead atoms. The van der Waals surface area contributed by atoms with Gasteiger partial charge in [-0.25, -0.2) is 0 Å². The van der Waals surface area contributed by atoms with Crippen molar-refractivity contribution in [2.24, 2.45) is 0 Å². The van der Waals surface area contributed by atoms with Gasteiger partial charge in [0.2, 0.25) is 0 Å². The number of hydrogen-bond donors (Lipinski definition) is 0. The zero-order chi connectivity index (χ0) is 17.1. The van der Waals surface area contributed by atoms with E-state index < -0.39 is 21.2 Å². The van der Waals surface area contributed by atoms with Crippen molar-refractivity contribution < 1.29 is 9.85 Å². The summed E-state index contributed by atoms with van der Waals surface area (Å²) in [6, 6.07) is 0. The standard InChI is InChI=1S/C12H13Br2N5O4/c1-2-3-4-5-6-17-15-9-7(13)11(18(20)21)12(19(22)23)8(14)10(9)16-17/h2-6H2,1H3. The van der Waals surface area contributed by atoms with Crippen LogP contribution >= 0.6 is 31.9 Å². The smallest absolute Gasteiger partial charge is 0.258 e. The van der Waals surface area contributed by atoms with Crippen LogP contribution in [0.4, 0.5) is 11.4 Å². The van der Waals surface area contributed by atoms with Crippen LogP contribution in [-0.2, 0) is 6.54 Å². The monoisotopic (exact) mass is 449 g/mol. The maximum absolute atomic E-state index is 11.2. The van der Waals surface area contributed by atoms with Gasteiger partial charge in [0, 0.05) is 0 Å². The first-order valence-electron chi connectivity index (χ1n) is 6.93. The van der Waals surface area contributed by atoms with E-state index in [-0.39, 0.29) is 20.0 Å². The van der Waals surface area contributed by atoms with Gasteiger partial charge in [0.05, 0.1) is 16.4 Å². The number of aromatic nitrogens is 3. The van der Waals surface area contributed by atoms with Gasteiger partial charge in [0.1, 0.15) is 20.0 Å². The Hall–Kier alpha value is -1.62. The SMILES string of the molecule is CCCCCCn1nc2c(Br)c([N+](=O)[O-])c([N+](=O)[O-])c(Br)c2n1. The minimum Gasteiger partial charge on any atom is -0.258 e. The van der Waals surface area contributed by atoms with Crippen LogP contribution in [0.2, 0.25) is 0 Å². The van der Waals surface area contributed by atoms with Crippen LogP contribution in [0.15, 0.2) is 8.95 Å². The largest absolute Gasteiger partial charge is 0.363 e. The van der Waals surface area contributed by atoms with E-state index in [2.05, 4.69) is 49.0 Å². The average molecular weight is 451 g/mol. The van der Waals surface area contributed by atoms with E-state index in [1.165, 1.54) is 4.80 Å². The van der Waals surface area contributed by atoms with Crippen LogP contribution < -0.4 is 0 Å². The lowest BCUT2D eigenvalue weighted by Crippen LogP contribution is -2.01. The lowest BCUT2D eigenvalue weighted by Gasteiger charge is -2.00. The highest BCUT2D eigenvalue weighted by atomic mass is 79.9. The highest BCUT2D eigenvalue weighted by molar-refractivity contribution is 9.11. The number of halogens is 2. The minimum atomic E-state index is -0.799. The molecule has 1 aromatic heterocycles. The third-order valence-corrected chi connectivity index (χ3v) is 4.79. The van der Waals surface area contributed by atoms with Crippen LogP contribution in [0.5, 0.6) is 0 Å². The van der Waals surface area contributed by atoms with Gasteiger partial charge in [-0.2, -0.15) is 15.0 Å². The Balaban J connectivity index is 2.53. The van der Waals surface area contributed by atoms with Gasteiger partial charge in [-0.3, -0.25) is 20.2 Å². The minimum absolute atomic E-state index is 0.0350. The van der Waals surface area contributed by atoms with Gasteiger partial charge in [-0.05, 0) is 38.3 Å². The lowest BCUT2D eigenvalue weighted by molar-refractivity contribution is -0.423. The summed E-state index contributed by atoms with van der Waals surface area (Å²) in [5, 5.41) is 30.8. The number of benzene rings is 1. The summed E-state index contributed by atoms with van der Waals surface area (Å²) in [5.74, 6) is 0. The van der Waals surface area contributed by atoms with Crippen LogP contribution in [0, 0.1) is 20.2 Å². The van der Waals surface area contributed by atoms with E-state index in [9.17, 15) is 20.2 Å². The summed E-state index contributed by atoms with van der Waals surface area (Å²) in [6.07, 6.45) is 4.10. The molecule has 0 fully saturated rings. The first kappa shape index (κ1) is 17.7. The van der Waals surface area contributed by atoms with Crippen molar-refractivity contribution in [1.29, 1.82) is 0 Å². The Morgan fingerprint density at radius 3 is 1.83 bits per heavy atom. The van der Waals surface area contributed by atoms with E-state index in [1.54, 1.807) is 0 Å². The van der Waals surface area contributed by atoms with Gasteiger partial charge in [0.15, 0.2) is 0 Å². The molecule has 124 valence electrons. The van der Waals surface area contributed by atoms with Crippen molar-refractivity contribution in [3.05, 3.63) is 29.2 Å². The fraction of sp³-hybridized carbons (Fsp3) is 0.500. The predicted octanol–water partition coefficient (Wildman–Crippen LogP) is 4.35. The number of hydrogen-bond acceptors (Lipinski definition) is 6. The summed E-state index contributed by atoms with van der Waals surface area (Å²) >= 11 is 6.12. The summed E-state index contributed by atoms with van der Waals surface area (Å²) in [4.78, 5) is 22.2. The molecule has 11 heteroatoms. The number of rotatable bonds is 7. The van der Waals surface area contributed by atoms with Gasteiger partial charge in [0.25, 0.3) is 0 Å². The number of nitro groups is 2. The number of fused-ring (bicyclic) bond motifs is 1. The molecule has 0 aliphatic carbocycles. The predicted molar refractivity (Wildman–Crippen MR) is 90.4 cm³/mol. The number of aryl methyl sites for hydroxylation is 1. The zero-order valence-corrected chi connectivity index (χ0v) is 15.3. The topological polar surface area (TPSA) is 117 Å². The molecule has 0 saturated carbocycles. The molecule has 1 heterocycles. The van der Waals surface area contributed by atoms with E-state index in [4.69, 9.17) is 0 Å². The normalized spacial score (nSPS) is 11.1. The number of unbranched alkanes of at least 4 members (excludes halogenated alkanes) is 3. The summed E-state index contributed by atoms with van der Waals surface area (Å²) in [6.45, 7) is 2.65. The first-order valence-corrected chi connectivity index (χ1v) is 8.51. The molecule has 0 N–H and O–H groups in total. The van der Waals surface area contributed by atoms with E-state index in [0.717, 1.165) is 25.7 Å². The number of nitro benzene ring substituents is 2. The first-order chi connectivity index (χ1) is 10.9. The van der Waals surface area contributed by atoms with E-state index >= 15 is 0 Å². The van der Waals surface area contributed by atoms with Crippen molar-refractivity contribution in [3.63, 3.8) is 0 Å². The molecule has 0 aliphatic heterocycles. The Morgan fingerprint density at radius 2 is 1.43 bits per heavy atom. The molecule has 2 aromatic rings. The zero-order valence-electron chi connectivity index (χ0n) is 12.2. The van der Waals surface area contributed by atoms with Crippen LogP contribution in [0.1, 0.15) is 32.6 Å². The molecule has 1 aromatic carbocycles. The third kappa shape index (κ3) is 3.50. The molecule has 0 saturated heterocycles. The van der Waals surface area contributed by atoms with Gasteiger partial charge < -0.3 is 0 Å². The summed E-state index contributed by atoms with van der Waals surface area (Å²) in [7, 11) is 0. The summed E-state index contributed by atoms with van der Waals surface area (Å²) in [5.41, 5.74) is -0.811. The second-order valence-electron chi connectivity index (χ2n) is 4.89. The fourth-order valence-electron chi connectivity index (χ4n) is 2.19. The molecule has 2 rings (SSSR count).